The maximum absolute atomic E-state index is 10.4. The summed E-state index contributed by atoms with van der Waals surface area (Å²) >= 11 is 1.70. The molecule has 0 bridgehead atoms. The zero-order valence-electron chi connectivity index (χ0n) is 6.90. The lowest BCUT2D eigenvalue weighted by Crippen LogP contribution is -1.95. The van der Waals surface area contributed by atoms with Crippen molar-refractivity contribution in [2.24, 2.45) is 0 Å². The number of carbonyl (C=O) groups is 1. The third kappa shape index (κ3) is 2.31. The second-order valence-electron chi connectivity index (χ2n) is 2.64. The monoisotopic (exact) mass is 180 g/mol. The van der Waals surface area contributed by atoms with Gasteiger partial charge < -0.3 is 4.79 Å². The summed E-state index contributed by atoms with van der Waals surface area (Å²) in [6, 6.07) is 4.09. The fourth-order valence-electron chi connectivity index (χ4n) is 1.17. The van der Waals surface area contributed by atoms with Gasteiger partial charge in [0.15, 0.2) is 0 Å². The van der Waals surface area contributed by atoms with E-state index in [9.17, 15) is 4.79 Å². The van der Waals surface area contributed by atoms with E-state index in [1.165, 1.54) is 4.88 Å². The molecule has 0 amide bonds. The van der Waals surface area contributed by atoms with Crippen molar-refractivity contribution in [3.63, 3.8) is 0 Å². The summed E-state index contributed by atoms with van der Waals surface area (Å²) in [6.07, 6.45) is 4.34. The first-order valence-corrected chi connectivity index (χ1v) is 4.84. The SMILES string of the molecule is C=CCC(CC=O)c1cccs1. The van der Waals surface area contributed by atoms with Gasteiger partial charge in [-0.1, -0.05) is 12.1 Å². The molecule has 0 radical (unpaired) electrons. The molecule has 12 heavy (non-hydrogen) atoms. The van der Waals surface area contributed by atoms with E-state index in [0.717, 1.165) is 12.7 Å². The minimum Gasteiger partial charge on any atom is -0.303 e. The quantitative estimate of drug-likeness (QED) is 0.503. The third-order valence-corrected chi connectivity index (χ3v) is 2.81. The van der Waals surface area contributed by atoms with Gasteiger partial charge in [0, 0.05) is 17.2 Å². The minimum atomic E-state index is 0.347. The van der Waals surface area contributed by atoms with Crippen LogP contribution in [0.4, 0.5) is 0 Å². The Morgan fingerprint density at radius 3 is 2.92 bits per heavy atom. The van der Waals surface area contributed by atoms with Crippen LogP contribution >= 0.6 is 11.3 Å². The van der Waals surface area contributed by atoms with Crippen LogP contribution in [0.25, 0.3) is 0 Å². The molecule has 0 spiro atoms. The van der Waals surface area contributed by atoms with Gasteiger partial charge in [-0.2, -0.15) is 0 Å². The lowest BCUT2D eigenvalue weighted by atomic mass is 10.0. The van der Waals surface area contributed by atoms with Crippen LogP contribution in [0, 0.1) is 0 Å². The largest absolute Gasteiger partial charge is 0.303 e. The zero-order chi connectivity index (χ0) is 8.81. The molecule has 0 aliphatic carbocycles. The highest BCUT2D eigenvalue weighted by Gasteiger charge is 2.09. The first-order chi connectivity index (χ1) is 5.88. The summed E-state index contributed by atoms with van der Waals surface area (Å²) in [5, 5.41) is 2.04. The lowest BCUT2D eigenvalue weighted by molar-refractivity contribution is -0.108. The van der Waals surface area contributed by atoms with Crippen molar-refractivity contribution in [2.45, 2.75) is 18.8 Å². The summed E-state index contributed by atoms with van der Waals surface area (Å²) in [5.74, 6) is 0.347. The second kappa shape index (κ2) is 4.88. The van der Waals surface area contributed by atoms with Crippen molar-refractivity contribution in [1.82, 2.24) is 0 Å². The van der Waals surface area contributed by atoms with Crippen LogP contribution in [0.15, 0.2) is 30.2 Å². The van der Waals surface area contributed by atoms with Crippen LogP contribution < -0.4 is 0 Å². The van der Waals surface area contributed by atoms with E-state index in [1.807, 2.05) is 17.5 Å². The molecule has 0 fully saturated rings. The maximum Gasteiger partial charge on any atom is 0.120 e. The lowest BCUT2D eigenvalue weighted by Gasteiger charge is -2.07. The summed E-state index contributed by atoms with van der Waals surface area (Å²) in [5.41, 5.74) is 0. The average Bonchev–Trinajstić information content (AvgIpc) is 2.56. The fraction of sp³-hybridized carbons (Fsp3) is 0.300. The molecule has 1 rings (SSSR count). The van der Waals surface area contributed by atoms with Crippen molar-refractivity contribution in [3.8, 4) is 0 Å². The van der Waals surface area contributed by atoms with Gasteiger partial charge in [-0.3, -0.25) is 0 Å². The Morgan fingerprint density at radius 2 is 2.42 bits per heavy atom. The molecule has 1 heterocycles. The van der Waals surface area contributed by atoms with Crippen LogP contribution in [-0.2, 0) is 4.79 Å². The van der Waals surface area contributed by atoms with Gasteiger partial charge in [0.25, 0.3) is 0 Å². The molecule has 0 aromatic carbocycles. The molecular formula is C10H12OS. The number of hydrogen-bond acceptors (Lipinski definition) is 2. The molecular weight excluding hydrogens is 168 g/mol. The highest BCUT2D eigenvalue weighted by molar-refractivity contribution is 7.10. The van der Waals surface area contributed by atoms with E-state index >= 15 is 0 Å². The molecule has 2 heteroatoms. The van der Waals surface area contributed by atoms with Crippen LogP contribution in [0.3, 0.4) is 0 Å². The number of rotatable bonds is 5. The minimum absolute atomic E-state index is 0.347. The smallest absolute Gasteiger partial charge is 0.120 e. The Bertz CT molecular complexity index is 228. The van der Waals surface area contributed by atoms with Crippen molar-refractivity contribution >= 4 is 17.6 Å². The van der Waals surface area contributed by atoms with Crippen molar-refractivity contribution in [2.75, 3.05) is 0 Å². The predicted octanol–water partition coefficient (Wildman–Crippen LogP) is 3.00. The molecule has 0 saturated carbocycles. The molecule has 1 unspecified atom stereocenters. The van der Waals surface area contributed by atoms with E-state index in [2.05, 4.69) is 12.6 Å². The van der Waals surface area contributed by atoms with E-state index in [4.69, 9.17) is 0 Å². The van der Waals surface area contributed by atoms with Crippen LogP contribution in [0.1, 0.15) is 23.6 Å². The van der Waals surface area contributed by atoms with E-state index in [0.29, 0.717) is 12.3 Å². The van der Waals surface area contributed by atoms with Crippen molar-refractivity contribution in [1.29, 1.82) is 0 Å². The molecule has 0 N–H and O–H groups in total. The molecule has 0 saturated heterocycles. The zero-order valence-corrected chi connectivity index (χ0v) is 7.72. The number of carbonyl (C=O) groups excluding carboxylic acids is 1. The summed E-state index contributed by atoms with van der Waals surface area (Å²) < 4.78 is 0. The van der Waals surface area contributed by atoms with Crippen molar-refractivity contribution in [3.05, 3.63) is 35.0 Å². The summed E-state index contributed by atoms with van der Waals surface area (Å²) in [6.45, 7) is 3.68. The van der Waals surface area contributed by atoms with Gasteiger partial charge in [0.1, 0.15) is 6.29 Å². The molecule has 0 aliphatic rings. The van der Waals surface area contributed by atoms with Gasteiger partial charge in [0.2, 0.25) is 0 Å². The normalized spacial score (nSPS) is 12.3. The van der Waals surface area contributed by atoms with E-state index in [-0.39, 0.29) is 0 Å². The van der Waals surface area contributed by atoms with Gasteiger partial charge in [-0.15, -0.1) is 17.9 Å². The Labute approximate surface area is 76.7 Å². The molecule has 64 valence electrons. The third-order valence-electron chi connectivity index (χ3n) is 1.78. The Morgan fingerprint density at radius 1 is 1.58 bits per heavy atom. The molecule has 1 atom stereocenters. The fourth-order valence-corrected chi connectivity index (χ4v) is 2.03. The first-order valence-electron chi connectivity index (χ1n) is 3.96. The molecule has 1 nitrogen and oxygen atoms in total. The molecule has 1 aromatic rings. The van der Waals surface area contributed by atoms with E-state index < -0.39 is 0 Å². The van der Waals surface area contributed by atoms with Crippen molar-refractivity contribution < 1.29 is 4.79 Å². The van der Waals surface area contributed by atoms with E-state index in [1.54, 1.807) is 11.3 Å². The van der Waals surface area contributed by atoms with Crippen LogP contribution in [-0.4, -0.2) is 6.29 Å². The standard InChI is InChI=1S/C10H12OS/c1-2-4-9(6-7-11)10-5-3-8-12-10/h2-3,5,7-9H,1,4,6H2. The first kappa shape index (κ1) is 9.20. The Hall–Kier alpha value is -0.890. The number of aldehydes is 1. The van der Waals surface area contributed by atoms with Gasteiger partial charge in [0.05, 0.1) is 0 Å². The van der Waals surface area contributed by atoms with Gasteiger partial charge >= 0.3 is 0 Å². The van der Waals surface area contributed by atoms with Gasteiger partial charge in [-0.25, -0.2) is 0 Å². The highest BCUT2D eigenvalue weighted by Crippen LogP contribution is 2.26. The number of thiophene rings is 1. The number of hydrogen-bond donors (Lipinski definition) is 0. The average molecular weight is 180 g/mol. The summed E-state index contributed by atoms with van der Waals surface area (Å²) in [4.78, 5) is 11.6. The predicted molar refractivity (Wildman–Crippen MR) is 52.6 cm³/mol. The number of allylic oxidation sites excluding steroid dienone is 1. The Balaban J connectivity index is 2.65. The molecule has 0 aliphatic heterocycles. The maximum atomic E-state index is 10.4. The Kier molecular flexibility index (Phi) is 3.74. The van der Waals surface area contributed by atoms with Crippen LogP contribution in [0.5, 0.6) is 0 Å². The summed E-state index contributed by atoms with van der Waals surface area (Å²) in [7, 11) is 0. The van der Waals surface area contributed by atoms with Gasteiger partial charge in [-0.05, 0) is 17.9 Å². The molecule has 1 aromatic heterocycles. The topological polar surface area (TPSA) is 17.1 Å². The second-order valence-corrected chi connectivity index (χ2v) is 3.62. The van der Waals surface area contributed by atoms with Crippen LogP contribution in [0.2, 0.25) is 0 Å². The highest BCUT2D eigenvalue weighted by atomic mass is 32.1.